The summed E-state index contributed by atoms with van der Waals surface area (Å²) in [5, 5.41) is 6.68. The van der Waals surface area contributed by atoms with Crippen LogP contribution in [0, 0.1) is 11.8 Å². The van der Waals surface area contributed by atoms with Gasteiger partial charge in [0.05, 0.1) is 12.1 Å². The maximum atomic E-state index is 13.6. The Balaban J connectivity index is 1.24. The van der Waals surface area contributed by atoms with Crippen LogP contribution in [0.2, 0.25) is 0 Å². The molecule has 2 aromatic carbocycles. The molecule has 3 aliphatic rings. The number of carbonyl (C=O) groups excluding carboxylic acids is 1. The Morgan fingerprint density at radius 3 is 2.57 bits per heavy atom. The van der Waals surface area contributed by atoms with E-state index in [0.29, 0.717) is 19.0 Å². The van der Waals surface area contributed by atoms with E-state index in [2.05, 4.69) is 21.6 Å². The lowest BCUT2D eigenvalue weighted by Crippen LogP contribution is -2.40. The van der Waals surface area contributed by atoms with E-state index in [1.54, 1.807) is 11.0 Å². The monoisotopic (exact) mass is 514 g/mol. The number of hydrogen-bond acceptors (Lipinski definition) is 4. The van der Waals surface area contributed by atoms with E-state index in [9.17, 15) is 18.0 Å². The molecule has 0 spiro atoms. The van der Waals surface area contributed by atoms with Crippen LogP contribution in [0.25, 0.3) is 0 Å². The minimum atomic E-state index is -4.45. The van der Waals surface area contributed by atoms with Gasteiger partial charge in [0.2, 0.25) is 5.91 Å². The number of benzene rings is 2. The second-order valence-corrected chi connectivity index (χ2v) is 10.8. The van der Waals surface area contributed by atoms with Crippen molar-refractivity contribution in [3.05, 3.63) is 64.7 Å². The topological polar surface area (TPSA) is 47.6 Å². The molecule has 0 saturated heterocycles. The molecule has 0 bridgehead atoms. The molecule has 0 atom stereocenters. The Morgan fingerprint density at radius 1 is 1.03 bits per heavy atom. The van der Waals surface area contributed by atoms with Gasteiger partial charge < -0.3 is 15.5 Å². The van der Waals surface area contributed by atoms with Crippen molar-refractivity contribution in [3.63, 3.8) is 0 Å². The number of halogens is 3. The maximum absolute atomic E-state index is 13.6. The standard InChI is InChI=1S/C29H37F3N4O/c30-29(31,32)26-6-2-1-4-24(26)20-36(15-13-33-16-21-8-9-21)28(37)17-34-27-7-3-5-23-19-35(14-12-25(23)27)18-22-10-11-22/h1-7,21-22,33-34H,8-20H2. The van der Waals surface area contributed by atoms with Gasteiger partial charge in [-0.15, -0.1) is 0 Å². The number of anilines is 1. The third-order valence-corrected chi connectivity index (χ3v) is 7.71. The SMILES string of the molecule is O=C(CNc1cccc2c1CCN(CC1CC1)C2)N(CCNCC1CC1)Cc1ccccc1C(F)(F)F. The fourth-order valence-electron chi connectivity index (χ4n) is 5.21. The molecule has 5 rings (SSSR count). The number of carbonyl (C=O) groups is 1. The zero-order valence-electron chi connectivity index (χ0n) is 21.3. The number of alkyl halides is 3. The highest BCUT2D eigenvalue weighted by molar-refractivity contribution is 5.81. The van der Waals surface area contributed by atoms with Gasteiger partial charge in [-0.1, -0.05) is 30.3 Å². The summed E-state index contributed by atoms with van der Waals surface area (Å²) in [6.45, 7) is 4.93. The highest BCUT2D eigenvalue weighted by atomic mass is 19.4. The number of fused-ring (bicyclic) bond motifs is 1. The van der Waals surface area contributed by atoms with Gasteiger partial charge >= 0.3 is 6.18 Å². The first-order chi connectivity index (χ1) is 17.9. The van der Waals surface area contributed by atoms with Gasteiger partial charge in [0.25, 0.3) is 0 Å². The molecule has 0 aromatic heterocycles. The first kappa shape index (κ1) is 26.0. The van der Waals surface area contributed by atoms with Crippen LogP contribution in [-0.2, 0) is 30.5 Å². The van der Waals surface area contributed by atoms with Crippen molar-refractivity contribution >= 4 is 11.6 Å². The minimum Gasteiger partial charge on any atom is -0.376 e. The van der Waals surface area contributed by atoms with E-state index < -0.39 is 11.7 Å². The number of amides is 1. The molecule has 0 unspecified atom stereocenters. The van der Waals surface area contributed by atoms with Gasteiger partial charge in [0.1, 0.15) is 0 Å². The third kappa shape index (κ3) is 7.26. The van der Waals surface area contributed by atoms with Crippen LogP contribution in [-0.4, -0.2) is 55.0 Å². The zero-order chi connectivity index (χ0) is 25.8. The normalized spacial score (nSPS) is 17.9. The molecule has 200 valence electrons. The Bertz CT molecular complexity index is 1080. The summed E-state index contributed by atoms with van der Waals surface area (Å²) in [4.78, 5) is 17.4. The summed E-state index contributed by atoms with van der Waals surface area (Å²) < 4.78 is 40.8. The van der Waals surface area contributed by atoms with E-state index >= 15 is 0 Å². The molecular formula is C29H37F3N4O. The van der Waals surface area contributed by atoms with Crippen LogP contribution < -0.4 is 10.6 Å². The maximum Gasteiger partial charge on any atom is 0.416 e. The molecule has 2 aliphatic carbocycles. The van der Waals surface area contributed by atoms with E-state index in [-0.39, 0.29) is 24.6 Å². The number of nitrogens with one attached hydrogen (secondary N) is 2. The fourth-order valence-corrected chi connectivity index (χ4v) is 5.21. The quantitative estimate of drug-likeness (QED) is 0.395. The number of hydrogen-bond donors (Lipinski definition) is 2. The number of rotatable bonds is 12. The Hall–Kier alpha value is -2.58. The van der Waals surface area contributed by atoms with Crippen LogP contribution in [0.15, 0.2) is 42.5 Å². The fraction of sp³-hybridized carbons (Fsp3) is 0.552. The molecule has 5 nitrogen and oxygen atoms in total. The molecule has 1 heterocycles. The Kier molecular flexibility index (Phi) is 8.05. The third-order valence-electron chi connectivity index (χ3n) is 7.71. The molecule has 2 aromatic rings. The minimum absolute atomic E-state index is 0.0546. The van der Waals surface area contributed by atoms with Crippen LogP contribution in [0.4, 0.5) is 18.9 Å². The first-order valence-corrected chi connectivity index (χ1v) is 13.6. The van der Waals surface area contributed by atoms with Crippen molar-refractivity contribution in [1.82, 2.24) is 15.1 Å². The lowest BCUT2D eigenvalue weighted by Gasteiger charge is -2.30. The molecule has 2 saturated carbocycles. The van der Waals surface area contributed by atoms with E-state index in [4.69, 9.17) is 0 Å². The molecule has 37 heavy (non-hydrogen) atoms. The van der Waals surface area contributed by atoms with Crippen molar-refractivity contribution < 1.29 is 18.0 Å². The van der Waals surface area contributed by atoms with E-state index in [0.717, 1.165) is 43.7 Å². The summed E-state index contributed by atoms with van der Waals surface area (Å²) in [5.41, 5.74) is 2.95. The second-order valence-electron chi connectivity index (χ2n) is 10.8. The second kappa shape index (κ2) is 11.4. The summed E-state index contributed by atoms with van der Waals surface area (Å²) in [5.74, 6) is 1.35. The number of nitrogens with zero attached hydrogens (tertiary/aromatic N) is 2. The van der Waals surface area contributed by atoms with Crippen LogP contribution in [0.3, 0.4) is 0 Å². The summed E-state index contributed by atoms with van der Waals surface area (Å²) in [6, 6.07) is 11.7. The lowest BCUT2D eigenvalue weighted by molar-refractivity contribution is -0.139. The average Bonchev–Trinajstić information content (AvgIpc) is 3.80. The molecule has 2 fully saturated rings. The van der Waals surface area contributed by atoms with E-state index in [1.807, 2.05) is 12.1 Å². The van der Waals surface area contributed by atoms with Gasteiger partial charge in [-0.2, -0.15) is 13.2 Å². The Morgan fingerprint density at radius 2 is 1.81 bits per heavy atom. The van der Waals surface area contributed by atoms with E-state index in [1.165, 1.54) is 55.5 Å². The van der Waals surface area contributed by atoms with Crippen molar-refractivity contribution in [2.24, 2.45) is 11.8 Å². The lowest BCUT2D eigenvalue weighted by atomic mass is 9.97. The Labute approximate surface area is 217 Å². The molecule has 1 amide bonds. The predicted molar refractivity (Wildman–Crippen MR) is 139 cm³/mol. The van der Waals surface area contributed by atoms with Crippen LogP contribution in [0.5, 0.6) is 0 Å². The largest absolute Gasteiger partial charge is 0.416 e. The molecule has 1 aliphatic heterocycles. The van der Waals surface area contributed by atoms with Gasteiger partial charge in [-0.3, -0.25) is 9.69 Å². The highest BCUT2D eigenvalue weighted by Crippen LogP contribution is 2.34. The summed E-state index contributed by atoms with van der Waals surface area (Å²) >= 11 is 0. The van der Waals surface area contributed by atoms with Gasteiger partial charge in [0.15, 0.2) is 0 Å². The van der Waals surface area contributed by atoms with Crippen molar-refractivity contribution in [1.29, 1.82) is 0 Å². The molecule has 0 radical (unpaired) electrons. The van der Waals surface area contributed by atoms with Gasteiger partial charge in [-0.05, 0) is 79.3 Å². The van der Waals surface area contributed by atoms with Crippen molar-refractivity contribution in [2.45, 2.75) is 51.4 Å². The summed E-state index contributed by atoms with van der Waals surface area (Å²) in [6.07, 6.45) is 1.61. The van der Waals surface area contributed by atoms with Crippen LogP contribution >= 0.6 is 0 Å². The zero-order valence-corrected chi connectivity index (χ0v) is 21.3. The van der Waals surface area contributed by atoms with Crippen molar-refractivity contribution in [3.8, 4) is 0 Å². The highest BCUT2D eigenvalue weighted by Gasteiger charge is 2.34. The predicted octanol–water partition coefficient (Wildman–Crippen LogP) is 4.91. The molecule has 2 N–H and O–H groups in total. The van der Waals surface area contributed by atoms with Gasteiger partial charge in [0, 0.05) is 45.0 Å². The molecular weight excluding hydrogens is 477 g/mol. The van der Waals surface area contributed by atoms with Crippen molar-refractivity contribution in [2.75, 3.05) is 44.6 Å². The first-order valence-electron chi connectivity index (χ1n) is 13.6. The smallest absolute Gasteiger partial charge is 0.376 e. The van der Waals surface area contributed by atoms with Crippen LogP contribution in [0.1, 0.15) is 47.9 Å². The summed E-state index contributed by atoms with van der Waals surface area (Å²) in [7, 11) is 0. The molecule has 8 heteroatoms. The van der Waals surface area contributed by atoms with Gasteiger partial charge in [-0.25, -0.2) is 0 Å². The average molecular weight is 515 g/mol.